The predicted octanol–water partition coefficient (Wildman–Crippen LogP) is 6.10. The second-order valence-electron chi connectivity index (χ2n) is 15.1. The first kappa shape index (κ1) is 39.3. The van der Waals surface area contributed by atoms with Crippen molar-refractivity contribution in [2.24, 2.45) is 5.41 Å². The van der Waals surface area contributed by atoms with Gasteiger partial charge in [0.2, 0.25) is 11.7 Å². The largest absolute Gasteiger partial charge is 0.491 e. The van der Waals surface area contributed by atoms with Crippen LogP contribution in [0.15, 0.2) is 47.6 Å². The first-order chi connectivity index (χ1) is 26.2. The molecule has 0 amide bonds. The van der Waals surface area contributed by atoms with Gasteiger partial charge in [0.15, 0.2) is 5.65 Å². The molecule has 0 radical (unpaired) electrons. The molecule has 298 valence electrons. The van der Waals surface area contributed by atoms with E-state index >= 15 is 0 Å². The molecule has 3 aliphatic rings. The van der Waals surface area contributed by atoms with Crippen molar-refractivity contribution < 1.29 is 46.7 Å². The van der Waals surface area contributed by atoms with Gasteiger partial charge in [-0.05, 0) is 61.6 Å². The number of carboxylic acid groups (broad SMARTS) is 1. The van der Waals surface area contributed by atoms with E-state index in [1.165, 1.54) is 10.6 Å². The van der Waals surface area contributed by atoms with Crippen molar-refractivity contribution >= 4 is 22.4 Å². The maximum Gasteiger partial charge on any atom is 0.310 e. The average Bonchev–Trinajstić information content (AvgIpc) is 3.57. The minimum atomic E-state index is -3.72. The number of carbonyl (C=O) groups is 1. The Kier molecular flexibility index (Phi) is 11.1. The van der Waals surface area contributed by atoms with Gasteiger partial charge in [-0.25, -0.2) is 13.8 Å². The topological polar surface area (TPSA) is 164 Å². The first-order valence-electron chi connectivity index (χ1n) is 18.4. The number of nitrogens with zero attached hydrogens (tertiary/aromatic N) is 6. The Labute approximate surface area is 319 Å². The van der Waals surface area contributed by atoms with Crippen LogP contribution in [-0.2, 0) is 20.8 Å². The van der Waals surface area contributed by atoms with Gasteiger partial charge in [-0.1, -0.05) is 18.2 Å². The molecule has 17 heteroatoms. The van der Waals surface area contributed by atoms with E-state index in [1.807, 2.05) is 25.1 Å². The first-order valence-corrected chi connectivity index (χ1v) is 19.9. The molecule has 2 fully saturated rings. The number of aryl methyl sites for hydroxylation is 2. The summed E-state index contributed by atoms with van der Waals surface area (Å²) in [4.78, 5) is 19.8. The molecular weight excluding hydrogens is 739 g/mol. The van der Waals surface area contributed by atoms with Crippen LogP contribution < -0.4 is 9.47 Å². The van der Waals surface area contributed by atoms with Gasteiger partial charge >= 0.3 is 5.97 Å². The summed E-state index contributed by atoms with van der Waals surface area (Å²) in [5, 5.41) is 18.2. The maximum absolute atomic E-state index is 13.7. The Morgan fingerprint density at radius 3 is 2.49 bits per heavy atom. The minimum Gasteiger partial charge on any atom is -0.491 e. The lowest BCUT2D eigenvalue weighted by Crippen LogP contribution is -2.49. The third-order valence-corrected chi connectivity index (χ3v) is 13.0. The fourth-order valence-corrected chi connectivity index (χ4v) is 9.35. The van der Waals surface area contributed by atoms with E-state index in [0.717, 1.165) is 24.2 Å². The van der Waals surface area contributed by atoms with Crippen LogP contribution in [0.1, 0.15) is 72.7 Å². The third kappa shape index (κ3) is 7.75. The highest BCUT2D eigenvalue weighted by molar-refractivity contribution is 8.22. The smallest absolute Gasteiger partial charge is 0.310 e. The highest BCUT2D eigenvalue weighted by atomic mass is 32.3. The van der Waals surface area contributed by atoms with E-state index in [0.29, 0.717) is 74.9 Å². The van der Waals surface area contributed by atoms with E-state index < -0.39 is 45.9 Å². The molecule has 14 nitrogen and oxygen atoms in total. The van der Waals surface area contributed by atoms with Crippen molar-refractivity contribution in [2.45, 2.75) is 69.9 Å². The molecule has 0 bridgehead atoms. The quantitative estimate of drug-likeness (QED) is 0.160. The Bertz CT molecular complexity index is 2040. The number of morpholine rings is 1. The molecular formula is C38H48F2N6O8S. The highest BCUT2D eigenvalue weighted by Crippen LogP contribution is 2.59. The molecule has 2 saturated heterocycles. The lowest BCUT2D eigenvalue weighted by atomic mass is 9.70. The second kappa shape index (κ2) is 15.5. The molecule has 0 saturated carbocycles. The van der Waals surface area contributed by atoms with Crippen LogP contribution in [0.4, 0.5) is 8.78 Å². The second-order valence-corrected chi connectivity index (χ2v) is 17.1. The molecule has 6 heterocycles. The summed E-state index contributed by atoms with van der Waals surface area (Å²) in [6, 6.07) is 8.88. The van der Waals surface area contributed by atoms with Gasteiger partial charge < -0.3 is 24.1 Å². The van der Waals surface area contributed by atoms with E-state index in [9.17, 15) is 27.8 Å². The number of hydrogen-bond donors (Lipinski definition) is 3. The van der Waals surface area contributed by atoms with Crippen LogP contribution in [0.25, 0.3) is 5.65 Å². The monoisotopic (exact) mass is 786 g/mol. The number of hydrogen-bond acceptors (Lipinski definition) is 12. The van der Waals surface area contributed by atoms with Gasteiger partial charge in [-0.2, -0.15) is 4.31 Å². The van der Waals surface area contributed by atoms with Crippen molar-refractivity contribution in [1.29, 1.82) is 0 Å². The molecule has 1 unspecified atom stereocenters. The van der Waals surface area contributed by atoms with E-state index in [4.69, 9.17) is 18.9 Å². The van der Waals surface area contributed by atoms with Gasteiger partial charge in [0, 0.05) is 57.2 Å². The van der Waals surface area contributed by atoms with Crippen LogP contribution in [0.3, 0.4) is 0 Å². The molecule has 3 N–H and O–H groups in total. The van der Waals surface area contributed by atoms with Crippen LogP contribution in [0.2, 0.25) is 0 Å². The van der Waals surface area contributed by atoms with Crippen molar-refractivity contribution in [3.8, 4) is 11.6 Å². The zero-order chi connectivity index (χ0) is 39.1. The summed E-state index contributed by atoms with van der Waals surface area (Å²) in [5.74, 6) is -1.79. The van der Waals surface area contributed by atoms with Crippen LogP contribution in [0, 0.1) is 19.3 Å². The number of rotatable bonds is 11. The van der Waals surface area contributed by atoms with Crippen molar-refractivity contribution in [2.75, 3.05) is 59.2 Å². The standard InChI is InChI=1S/C38H48F2N6O8S/c1-24-5-6-26(31(37(3,4)36(47)48)29-7-10-46-33(25(29)2)42-43-34(46)32(39)40)19-27(24)22-45-23-38(8-14-51-15-9-38)54-35-30(55(45,49)50)20-28(21-41-35)53-18-13-44-11-16-52-17-12-44/h5-7,10,19-21,31-32,49-50H,8-9,11-18,22-23H2,1-4H3,(H,47,48). The zero-order valence-electron chi connectivity index (χ0n) is 31.4. The molecule has 55 heavy (non-hydrogen) atoms. The summed E-state index contributed by atoms with van der Waals surface area (Å²) in [6.45, 7) is 12.0. The molecule has 7 rings (SSSR count). The number of aliphatic carboxylic acids is 1. The van der Waals surface area contributed by atoms with Gasteiger partial charge in [-0.3, -0.25) is 23.2 Å². The number of carboxylic acids is 1. The molecule has 0 aliphatic carbocycles. The van der Waals surface area contributed by atoms with E-state index in [1.54, 1.807) is 43.4 Å². The Morgan fingerprint density at radius 2 is 1.78 bits per heavy atom. The number of halogens is 2. The van der Waals surface area contributed by atoms with Crippen LogP contribution in [-0.4, -0.2) is 114 Å². The molecule has 3 aromatic heterocycles. The van der Waals surface area contributed by atoms with Gasteiger partial charge in [0.05, 0.1) is 44.6 Å². The summed E-state index contributed by atoms with van der Waals surface area (Å²) in [6.07, 6.45) is 1.16. The number of alkyl halides is 2. The molecule has 1 aromatic carbocycles. The molecule has 3 aliphatic heterocycles. The minimum absolute atomic E-state index is 0.0791. The molecule has 4 aromatic rings. The summed E-state index contributed by atoms with van der Waals surface area (Å²) in [7, 11) is -3.72. The van der Waals surface area contributed by atoms with Crippen LogP contribution >= 0.6 is 10.8 Å². The van der Waals surface area contributed by atoms with Crippen LogP contribution in [0.5, 0.6) is 11.6 Å². The van der Waals surface area contributed by atoms with Crippen molar-refractivity contribution in [1.82, 2.24) is 28.8 Å². The normalized spacial score (nSPS) is 20.2. The number of fused-ring (bicyclic) bond motifs is 2. The maximum atomic E-state index is 13.7. The van der Waals surface area contributed by atoms with Crippen molar-refractivity contribution in [3.63, 3.8) is 0 Å². The highest BCUT2D eigenvalue weighted by Gasteiger charge is 2.46. The fourth-order valence-electron chi connectivity index (χ4n) is 7.74. The van der Waals surface area contributed by atoms with Gasteiger partial charge in [-0.15, -0.1) is 21.0 Å². The summed E-state index contributed by atoms with van der Waals surface area (Å²) >= 11 is 0. The lowest BCUT2D eigenvalue weighted by molar-refractivity contribution is -0.147. The number of aromatic nitrogens is 4. The lowest BCUT2D eigenvalue weighted by Gasteiger charge is -2.44. The van der Waals surface area contributed by atoms with E-state index in [-0.39, 0.29) is 29.5 Å². The summed E-state index contributed by atoms with van der Waals surface area (Å²) in [5.41, 5.74) is 1.38. The molecule has 1 atom stereocenters. The Hall–Kier alpha value is -3.97. The SMILES string of the molecule is Cc1ccc(C(c2ccn3c(C(F)F)nnc3c2C)C(C)(C)C(=O)O)cc1CN1CC2(CCOCC2)Oc2ncc(OCCN3CCOCC3)cc2S1(O)O. The number of pyridine rings is 2. The number of benzene rings is 1. The van der Waals surface area contributed by atoms with Gasteiger partial charge in [0.1, 0.15) is 22.9 Å². The predicted molar refractivity (Wildman–Crippen MR) is 199 cm³/mol. The number of ether oxygens (including phenoxy) is 4. The Morgan fingerprint density at radius 1 is 1.05 bits per heavy atom. The molecule has 1 spiro atoms. The van der Waals surface area contributed by atoms with Gasteiger partial charge in [0.25, 0.3) is 6.43 Å². The fraction of sp³-hybridized carbons (Fsp3) is 0.526. The summed E-state index contributed by atoms with van der Waals surface area (Å²) < 4.78 is 78.5. The Balaban J connectivity index is 1.25. The zero-order valence-corrected chi connectivity index (χ0v) is 32.2. The average molecular weight is 787 g/mol. The third-order valence-electron chi connectivity index (χ3n) is 11.1. The van der Waals surface area contributed by atoms with E-state index in [2.05, 4.69) is 20.1 Å². The van der Waals surface area contributed by atoms with Crippen molar-refractivity contribution in [3.05, 3.63) is 76.4 Å².